The molecule has 26 nitrogen and oxygen atoms in total. The number of nitrogens with two attached hydrogens (primary N) is 2. The first-order valence-electron chi connectivity index (χ1n) is 34.2. The number of ether oxygens (including phenoxy) is 3. The Bertz CT molecular complexity index is 6030. The molecule has 0 radical (unpaired) electrons. The summed E-state index contributed by atoms with van der Waals surface area (Å²) in [4.78, 5) is 43.9. The molecule has 11 heterocycles. The van der Waals surface area contributed by atoms with Crippen LogP contribution in [0.25, 0.3) is 39.4 Å². The molecule has 3 fully saturated rings. The summed E-state index contributed by atoms with van der Waals surface area (Å²) in [6.07, 6.45) is 15.0. The number of hydrogen-bond donors (Lipinski definition) is 4. The number of fused-ring (bicyclic) bond motifs is 5. The molecule has 3 saturated heterocycles. The van der Waals surface area contributed by atoms with E-state index in [4.69, 9.17) is 45.9 Å². The van der Waals surface area contributed by atoms with E-state index >= 15 is 0 Å². The smallest absolute Gasteiger partial charge is 0.341 e. The number of carboxylic acid groups (broad SMARTS) is 1. The highest BCUT2D eigenvalue weighted by Gasteiger charge is 2.34. The number of rotatable bonds is 12. The molecule has 0 aliphatic carbocycles. The molecule has 6 aromatic carbocycles. The lowest BCUT2D eigenvalue weighted by Gasteiger charge is -2.26. The maximum absolute atomic E-state index is 14.5. The Morgan fingerprint density at radius 1 is 0.545 bits per heavy atom. The van der Waals surface area contributed by atoms with E-state index in [9.17, 15) is 51.3 Å². The standard InChI is InChI=1S/C26H20F2N6O.C25H19F2N7O.C17H14F2N4O2.C8H9N3O.Cl3OP/c1-35-24-12-21-15(9-16(24)13-29)10-22(31-21)19-14-30-34-8-6-25(32-26(19)34)33-7-2-3-23(33)18-11-17(27)4-5-20(18)28;1-35-22-11-20-19(9-14(22)12-28)30-24(31-20)17-13-29-34-8-6-23(32-25(17)34)33-7-2-3-21(33)16-10-15(26)4-5-18(16)27;18-10-3-4-13(19)11(8-10)14-2-1-6-22(14)15-5-7-23-16(21-15)12(9-20-23)17(24)25;1-12-8-3-7(11)6(10)2-5(8)4-9;1-5(2,3)4/h4-6,8-9,11-12,14,23H,2-3,7,10H2,1H3;4-6,8-11,13,21H,2-3,7H2,1H3,(H,30,31);3-5,7-9,14H,1-2,6H2,(H,24,25);2-3H,10-11H2,1H3;/t23-;21-;;;/m11.../s1. The SMILES string of the molecule is COc1cc(N)c(N)cc1C#N.COc1cc2c(cc1C#N)CC(c1cnn3ccc(N4CCC[C@@H]4c4cc(F)ccc4F)nc13)=N2.COc1cc2nc(-c3cnn4ccc(N5CCC[C@@H]5c5cc(F)ccc5F)nc34)[nH]c2cc1C#N.O=C(O)c1cnn2ccc(N3CCCC3c3cc(F)ccc3F)nc12.O=P(Cl)(Cl)Cl. The molecule has 4 aliphatic heterocycles. The van der Waals surface area contributed by atoms with Crippen molar-refractivity contribution in [2.75, 3.05) is 67.1 Å². The van der Waals surface area contributed by atoms with Gasteiger partial charge < -0.3 is 50.5 Å². The number of carboxylic acids is 1. The Hall–Kier alpha value is -12.7. The number of H-pyrrole nitrogens is 1. The molecule has 1 unspecified atom stereocenters. The quantitative estimate of drug-likeness (QED) is 0.0501. The van der Waals surface area contributed by atoms with Gasteiger partial charge in [0.25, 0.3) is 0 Å². The van der Waals surface area contributed by atoms with Crippen molar-refractivity contribution in [2.24, 2.45) is 4.99 Å². The van der Waals surface area contributed by atoms with Gasteiger partial charge in [0.2, 0.25) is 0 Å². The van der Waals surface area contributed by atoms with Gasteiger partial charge in [-0.3, -0.25) is 9.56 Å². The minimum absolute atomic E-state index is 0.00506. The first-order chi connectivity index (χ1) is 53.8. The number of nitrogens with zero attached hydrogens (tertiary/aromatic N) is 17. The second kappa shape index (κ2) is 32.9. The highest BCUT2D eigenvalue weighted by molar-refractivity contribution is 8.24. The van der Waals surface area contributed by atoms with Crippen molar-refractivity contribution in [3.63, 3.8) is 0 Å². The number of aliphatic imine (C=N–C) groups is 1. The van der Waals surface area contributed by atoms with Gasteiger partial charge in [-0.25, -0.2) is 64.6 Å². The number of aromatic nitrogens is 11. The third-order valence-corrected chi connectivity index (χ3v) is 19.0. The van der Waals surface area contributed by atoms with E-state index in [0.29, 0.717) is 153 Å². The molecule has 570 valence electrons. The molecule has 4 aliphatic rings. The van der Waals surface area contributed by atoms with E-state index < -0.39 is 46.1 Å². The van der Waals surface area contributed by atoms with Gasteiger partial charge >= 0.3 is 11.2 Å². The lowest BCUT2D eigenvalue weighted by Crippen LogP contribution is -2.24. The predicted octanol–water partition coefficient (Wildman–Crippen LogP) is 16.3. The summed E-state index contributed by atoms with van der Waals surface area (Å²) in [5.74, 6) is -0.0608. The van der Waals surface area contributed by atoms with Crippen LogP contribution in [0.1, 0.15) is 112 Å². The third kappa shape index (κ3) is 16.5. The van der Waals surface area contributed by atoms with Gasteiger partial charge in [0, 0.05) is 79.5 Å². The van der Waals surface area contributed by atoms with Gasteiger partial charge in [-0.05, 0) is 169 Å². The molecule has 13 aromatic rings. The van der Waals surface area contributed by atoms with Gasteiger partial charge in [0.05, 0.1) is 120 Å². The van der Waals surface area contributed by atoms with Crippen LogP contribution in [0, 0.1) is 68.9 Å². The first-order valence-corrected chi connectivity index (χ1v) is 38.7. The van der Waals surface area contributed by atoms with E-state index in [1.54, 1.807) is 64.2 Å². The number of benzene rings is 6. The zero-order valence-electron chi connectivity index (χ0n) is 59.3. The number of methoxy groups -OCH3 is 3. The molecular weight excluding hydrogens is 1540 g/mol. The van der Waals surface area contributed by atoms with Crippen LogP contribution in [0.2, 0.25) is 0 Å². The van der Waals surface area contributed by atoms with Crippen LogP contribution in [0.3, 0.4) is 0 Å². The topological polar surface area (TPSA) is 347 Å². The number of hydrogen-bond acceptors (Lipinski definition) is 21. The highest BCUT2D eigenvalue weighted by atomic mass is 36.0. The molecule has 6 N–H and O–H groups in total. The monoisotopic (exact) mass is 1600 g/mol. The molecular formula is C76H62Cl3F6N20O6P. The second-order valence-corrected chi connectivity index (χ2v) is 32.3. The number of carbonyl (C=O) groups is 1. The molecule has 7 aromatic heterocycles. The lowest BCUT2D eigenvalue weighted by atomic mass is 10.0. The van der Waals surface area contributed by atoms with Crippen molar-refractivity contribution in [2.45, 2.75) is 63.1 Å². The Morgan fingerprint density at radius 3 is 1.43 bits per heavy atom. The second-order valence-electron chi connectivity index (χ2n) is 25.7. The summed E-state index contributed by atoms with van der Waals surface area (Å²) in [6, 6.07) is 31.2. The lowest BCUT2D eigenvalue weighted by molar-refractivity contribution is 0.0698. The molecule has 17 rings (SSSR count). The maximum atomic E-state index is 14.5. The zero-order valence-corrected chi connectivity index (χ0v) is 62.4. The van der Waals surface area contributed by atoms with Gasteiger partial charge in [-0.2, -0.15) is 31.1 Å². The fraction of sp³-hybridized carbons (Fsp3) is 0.211. The normalized spacial score (nSPS) is 15.6. The number of nitrogen functional groups attached to an aromatic ring is 2. The fourth-order valence-corrected chi connectivity index (χ4v) is 13.9. The van der Waals surface area contributed by atoms with Crippen LogP contribution in [-0.2, 0) is 11.0 Å². The van der Waals surface area contributed by atoms with Gasteiger partial charge in [0.15, 0.2) is 16.9 Å². The Morgan fingerprint density at radius 2 is 0.955 bits per heavy atom. The van der Waals surface area contributed by atoms with Crippen LogP contribution in [0.5, 0.6) is 17.2 Å². The minimum atomic E-state index is -3.22. The predicted molar refractivity (Wildman–Crippen MR) is 409 cm³/mol. The highest BCUT2D eigenvalue weighted by Crippen LogP contribution is 2.61. The van der Waals surface area contributed by atoms with Crippen LogP contribution in [0.4, 0.5) is 60.9 Å². The number of anilines is 5. The summed E-state index contributed by atoms with van der Waals surface area (Å²) >= 11 is 13.8. The van der Waals surface area contributed by atoms with Crippen LogP contribution >= 0.6 is 38.9 Å². The van der Waals surface area contributed by atoms with Crippen molar-refractivity contribution in [1.82, 2.24) is 53.8 Å². The maximum Gasteiger partial charge on any atom is 0.341 e. The molecule has 0 spiro atoms. The van der Waals surface area contributed by atoms with Gasteiger partial charge in [0.1, 0.15) is 99.2 Å². The van der Waals surface area contributed by atoms with E-state index in [1.807, 2.05) is 39.1 Å². The number of halogens is 9. The number of nitriles is 3. The Kier molecular flexibility index (Phi) is 22.8. The largest absolute Gasteiger partial charge is 0.495 e. The summed E-state index contributed by atoms with van der Waals surface area (Å²) in [5, 5.41) is 46.2. The average molecular weight is 1600 g/mol. The van der Waals surface area contributed by atoms with E-state index in [0.717, 1.165) is 66.1 Å². The van der Waals surface area contributed by atoms with Crippen LogP contribution < -0.4 is 40.4 Å². The van der Waals surface area contributed by atoms with Crippen molar-refractivity contribution in [1.29, 1.82) is 15.8 Å². The summed E-state index contributed by atoms with van der Waals surface area (Å²) in [5.41, 5.74) is 20.7. The van der Waals surface area contributed by atoms with E-state index in [2.05, 4.69) is 76.1 Å². The van der Waals surface area contributed by atoms with Gasteiger partial charge in [-0.15, -0.1) is 0 Å². The summed E-state index contributed by atoms with van der Waals surface area (Å²) < 4.78 is 114. The Labute approximate surface area is 647 Å². The molecule has 0 amide bonds. The molecule has 3 atom stereocenters. The van der Waals surface area contributed by atoms with Gasteiger partial charge in [-0.1, -0.05) is 0 Å². The number of aromatic amines is 1. The van der Waals surface area contributed by atoms with E-state index in [1.165, 1.54) is 74.5 Å². The number of imidazole rings is 1. The number of aromatic carboxylic acids is 1. The minimum Gasteiger partial charge on any atom is -0.495 e. The molecule has 112 heavy (non-hydrogen) atoms. The summed E-state index contributed by atoms with van der Waals surface area (Å²) in [6.45, 7) is 1.99. The molecule has 0 saturated carbocycles. The van der Waals surface area contributed by atoms with Crippen molar-refractivity contribution in [3.05, 3.63) is 231 Å². The first kappa shape index (κ1) is 77.5. The fourth-order valence-electron chi connectivity index (χ4n) is 13.9. The molecule has 0 bridgehead atoms. The van der Waals surface area contributed by atoms with Crippen molar-refractivity contribution < 1.29 is 55.0 Å². The molecule has 36 heteroatoms. The number of nitrogens with one attached hydrogen (secondary N) is 1. The zero-order chi connectivity index (χ0) is 79.4. The van der Waals surface area contributed by atoms with Crippen LogP contribution in [0.15, 0.2) is 151 Å². The van der Waals surface area contributed by atoms with Crippen molar-refractivity contribution >= 4 is 113 Å². The van der Waals surface area contributed by atoms with Crippen molar-refractivity contribution in [3.8, 4) is 46.8 Å². The average Bonchev–Trinajstić information content (AvgIpc) is 1.62. The summed E-state index contributed by atoms with van der Waals surface area (Å²) in [7, 11) is 4.51. The van der Waals surface area contributed by atoms with Crippen LogP contribution in [-0.4, -0.2) is 112 Å². The third-order valence-electron chi connectivity index (χ3n) is 19.0. The Balaban J connectivity index is 0.000000134. The van der Waals surface area contributed by atoms with E-state index in [-0.39, 0.29) is 34.9 Å².